The van der Waals surface area contributed by atoms with Crippen molar-refractivity contribution in [2.24, 2.45) is 11.3 Å². The van der Waals surface area contributed by atoms with Crippen molar-refractivity contribution in [3.8, 4) is 23.3 Å². The van der Waals surface area contributed by atoms with Crippen molar-refractivity contribution in [2.75, 3.05) is 0 Å². The van der Waals surface area contributed by atoms with Crippen LogP contribution in [0.2, 0.25) is 0 Å². The molecule has 2 heteroatoms. The Morgan fingerprint density at radius 3 is 1.97 bits per heavy atom. The van der Waals surface area contributed by atoms with Crippen LogP contribution < -0.4 is 0 Å². The molecule has 0 unspecified atom stereocenters. The Morgan fingerprint density at radius 1 is 0.757 bits per heavy atom. The number of hydrogen-bond donors (Lipinski definition) is 0. The predicted octanol–water partition coefficient (Wildman–Crippen LogP) is 9.95. The standard InChI is InChI=1S/C35H44N2/c1-3-5-6-26-7-9-27(10-8-26)30-15-16-31(33(25-37)32(30)24-36)28-11-13-29(14-12-28)35-21-18-34(17-4-2,19-22-35)20-23-35/h11-16,26-27H,3-10,17-23H2,1-2H3. The summed E-state index contributed by atoms with van der Waals surface area (Å²) in [7, 11) is 0. The summed E-state index contributed by atoms with van der Waals surface area (Å²) in [4.78, 5) is 0. The quantitative estimate of drug-likeness (QED) is 0.368. The lowest BCUT2D eigenvalue weighted by molar-refractivity contribution is 0.0320. The SMILES string of the molecule is CCCCC1CCC(c2ccc(-c3ccc(C45CCC(CCC)(CC4)CC5)cc3)c(C#N)c2C#N)CC1. The van der Waals surface area contributed by atoms with Gasteiger partial charge >= 0.3 is 0 Å². The Morgan fingerprint density at radius 2 is 1.41 bits per heavy atom. The monoisotopic (exact) mass is 492 g/mol. The number of benzene rings is 2. The summed E-state index contributed by atoms with van der Waals surface area (Å²) in [5, 5.41) is 20.3. The fourth-order valence-corrected chi connectivity index (χ4v) is 8.30. The van der Waals surface area contributed by atoms with E-state index in [0.29, 0.717) is 27.9 Å². The van der Waals surface area contributed by atoms with Gasteiger partial charge < -0.3 is 0 Å². The van der Waals surface area contributed by atoms with Crippen molar-refractivity contribution in [1.82, 2.24) is 0 Å². The average Bonchev–Trinajstić information content (AvgIpc) is 2.96. The molecule has 37 heavy (non-hydrogen) atoms. The molecule has 6 rings (SSSR count). The van der Waals surface area contributed by atoms with Crippen LogP contribution in [-0.2, 0) is 5.41 Å². The van der Waals surface area contributed by atoms with Crippen LogP contribution in [-0.4, -0.2) is 0 Å². The smallest absolute Gasteiger partial charge is 0.101 e. The molecule has 2 aromatic carbocycles. The van der Waals surface area contributed by atoms with E-state index in [0.717, 1.165) is 35.4 Å². The second-order valence-electron chi connectivity index (χ2n) is 12.6. The lowest BCUT2D eigenvalue weighted by atomic mass is 9.51. The maximum absolute atomic E-state index is 10.2. The van der Waals surface area contributed by atoms with Crippen LogP contribution in [0.15, 0.2) is 36.4 Å². The number of nitrogens with zero attached hydrogens (tertiary/aromatic N) is 2. The minimum Gasteiger partial charge on any atom is -0.192 e. The van der Waals surface area contributed by atoms with Crippen molar-refractivity contribution < 1.29 is 0 Å². The molecule has 0 aromatic heterocycles. The van der Waals surface area contributed by atoms with Crippen molar-refractivity contribution >= 4 is 0 Å². The number of hydrogen-bond acceptors (Lipinski definition) is 2. The van der Waals surface area contributed by atoms with Crippen LogP contribution in [0.3, 0.4) is 0 Å². The fraction of sp³-hybridized carbons (Fsp3) is 0.600. The summed E-state index contributed by atoms with van der Waals surface area (Å²) in [5.74, 6) is 1.25. The number of nitriles is 2. The number of fused-ring (bicyclic) bond motifs is 3. The molecule has 4 aliphatic carbocycles. The van der Waals surface area contributed by atoms with Crippen molar-refractivity contribution in [1.29, 1.82) is 10.5 Å². The molecule has 0 atom stereocenters. The highest BCUT2D eigenvalue weighted by atomic mass is 14.5. The zero-order valence-corrected chi connectivity index (χ0v) is 23.1. The van der Waals surface area contributed by atoms with Crippen LogP contribution in [0.4, 0.5) is 0 Å². The molecule has 2 bridgehead atoms. The molecule has 194 valence electrons. The van der Waals surface area contributed by atoms with Crippen LogP contribution in [0.1, 0.15) is 138 Å². The van der Waals surface area contributed by atoms with E-state index in [-0.39, 0.29) is 0 Å². The summed E-state index contributed by atoms with van der Waals surface area (Å²) >= 11 is 0. The Balaban J connectivity index is 1.36. The summed E-state index contributed by atoms with van der Waals surface area (Å²) in [5.41, 5.74) is 6.73. The van der Waals surface area contributed by atoms with Crippen molar-refractivity contribution in [3.63, 3.8) is 0 Å². The molecule has 0 N–H and O–H groups in total. The zero-order chi connectivity index (χ0) is 25.9. The van der Waals surface area contributed by atoms with E-state index >= 15 is 0 Å². The molecule has 4 saturated carbocycles. The molecular formula is C35H44N2. The highest BCUT2D eigenvalue weighted by molar-refractivity contribution is 5.75. The van der Waals surface area contributed by atoms with E-state index in [4.69, 9.17) is 0 Å². The van der Waals surface area contributed by atoms with Crippen LogP contribution in [0.5, 0.6) is 0 Å². The Labute approximate surface area is 225 Å². The topological polar surface area (TPSA) is 47.6 Å². The minimum absolute atomic E-state index is 0.351. The van der Waals surface area contributed by atoms with Gasteiger partial charge in [-0.1, -0.05) is 75.9 Å². The Hall–Kier alpha value is -2.58. The summed E-state index contributed by atoms with van der Waals surface area (Å²) < 4.78 is 0. The third-order valence-electron chi connectivity index (χ3n) is 10.7. The Kier molecular flexibility index (Phi) is 7.77. The van der Waals surface area contributed by atoms with Gasteiger partial charge in [-0.25, -0.2) is 0 Å². The molecule has 2 nitrogen and oxygen atoms in total. The van der Waals surface area contributed by atoms with Gasteiger partial charge in [0, 0.05) is 5.56 Å². The van der Waals surface area contributed by atoms with Crippen LogP contribution in [0, 0.1) is 34.0 Å². The molecule has 0 saturated heterocycles. The molecule has 4 aliphatic rings. The molecule has 0 heterocycles. The lowest BCUT2D eigenvalue weighted by Gasteiger charge is -2.54. The van der Waals surface area contributed by atoms with E-state index in [1.165, 1.54) is 89.0 Å². The summed E-state index contributed by atoms with van der Waals surface area (Å²) in [6.45, 7) is 4.61. The first-order valence-corrected chi connectivity index (χ1v) is 15.1. The predicted molar refractivity (Wildman–Crippen MR) is 152 cm³/mol. The van der Waals surface area contributed by atoms with Crippen LogP contribution >= 0.6 is 0 Å². The first-order valence-electron chi connectivity index (χ1n) is 15.1. The van der Waals surface area contributed by atoms with Gasteiger partial charge in [-0.05, 0) is 110 Å². The van der Waals surface area contributed by atoms with E-state index < -0.39 is 0 Å². The van der Waals surface area contributed by atoms with Gasteiger partial charge in [0.15, 0.2) is 0 Å². The summed E-state index contributed by atoms with van der Waals surface area (Å²) in [6, 6.07) is 18.2. The average molecular weight is 493 g/mol. The molecule has 0 spiro atoms. The fourth-order valence-electron chi connectivity index (χ4n) is 8.30. The largest absolute Gasteiger partial charge is 0.192 e. The van der Waals surface area contributed by atoms with Gasteiger partial charge in [-0.3, -0.25) is 0 Å². The first-order chi connectivity index (χ1) is 18.1. The first kappa shape index (κ1) is 26.0. The lowest BCUT2D eigenvalue weighted by Crippen LogP contribution is -2.44. The maximum Gasteiger partial charge on any atom is 0.101 e. The Bertz CT molecular complexity index is 1140. The maximum atomic E-state index is 10.2. The van der Waals surface area contributed by atoms with Gasteiger partial charge in [0.25, 0.3) is 0 Å². The van der Waals surface area contributed by atoms with Gasteiger partial charge in [-0.2, -0.15) is 10.5 Å². The third-order valence-corrected chi connectivity index (χ3v) is 10.7. The second-order valence-corrected chi connectivity index (χ2v) is 12.6. The van der Waals surface area contributed by atoms with Gasteiger partial charge in [-0.15, -0.1) is 0 Å². The zero-order valence-electron chi connectivity index (χ0n) is 23.1. The van der Waals surface area contributed by atoms with Crippen molar-refractivity contribution in [2.45, 2.75) is 121 Å². The van der Waals surface area contributed by atoms with E-state index in [9.17, 15) is 10.5 Å². The number of rotatable bonds is 8. The molecule has 0 radical (unpaired) electrons. The molecule has 0 amide bonds. The van der Waals surface area contributed by atoms with Gasteiger partial charge in [0.1, 0.15) is 12.1 Å². The second kappa shape index (κ2) is 11.0. The highest BCUT2D eigenvalue weighted by Gasteiger charge is 2.48. The van der Waals surface area contributed by atoms with Crippen LogP contribution in [0.25, 0.3) is 11.1 Å². The third kappa shape index (κ3) is 4.98. The normalized spacial score (nSPS) is 29.0. The van der Waals surface area contributed by atoms with E-state index in [1.54, 1.807) is 0 Å². The van der Waals surface area contributed by atoms with Gasteiger partial charge in [0.2, 0.25) is 0 Å². The van der Waals surface area contributed by atoms with Gasteiger partial charge in [0.05, 0.1) is 11.1 Å². The highest BCUT2D eigenvalue weighted by Crippen LogP contribution is 2.59. The van der Waals surface area contributed by atoms with E-state index in [2.05, 4.69) is 62.4 Å². The molecule has 0 aliphatic heterocycles. The molecule has 2 aromatic rings. The minimum atomic E-state index is 0.351. The molecular weight excluding hydrogens is 448 g/mol. The molecule has 4 fully saturated rings. The van der Waals surface area contributed by atoms with E-state index in [1.807, 2.05) is 0 Å². The van der Waals surface area contributed by atoms with Crippen molar-refractivity contribution in [3.05, 3.63) is 58.7 Å². The number of unbranched alkanes of at least 4 members (excludes halogenated alkanes) is 1. The summed E-state index contributed by atoms with van der Waals surface area (Å²) in [6.07, 6.45) is 19.6.